The summed E-state index contributed by atoms with van der Waals surface area (Å²) in [4.78, 5) is 21.5. The van der Waals surface area contributed by atoms with Gasteiger partial charge in [0.1, 0.15) is 5.75 Å². The van der Waals surface area contributed by atoms with Crippen LogP contribution >= 0.6 is 11.8 Å². The van der Waals surface area contributed by atoms with E-state index in [9.17, 15) is 9.90 Å². The molecule has 1 N–H and O–H groups in total. The van der Waals surface area contributed by atoms with Gasteiger partial charge in [-0.05, 0) is 36.0 Å². The van der Waals surface area contributed by atoms with Crippen LogP contribution in [0.25, 0.3) is 6.08 Å². The van der Waals surface area contributed by atoms with Crippen LogP contribution in [-0.2, 0) is 4.79 Å². The molecule has 2 aliphatic rings. The monoisotopic (exact) mass is 365 g/mol. The molecular formula is C20H19N3O2S. The fraction of sp³-hybridized carbons (Fsp3) is 0.200. The molecular weight excluding hydrogens is 346 g/mol. The molecule has 0 unspecified atom stereocenters. The number of para-hydroxylation sites is 2. The summed E-state index contributed by atoms with van der Waals surface area (Å²) >= 11 is 1.38. The molecule has 4 rings (SSSR count). The number of thioether (sulfide) groups is 1. The number of rotatable bonds is 2. The average Bonchev–Trinajstić information content (AvgIpc) is 3.05. The number of piperazine rings is 1. The Balaban J connectivity index is 1.42. The minimum Gasteiger partial charge on any atom is -0.507 e. The van der Waals surface area contributed by atoms with E-state index in [0.29, 0.717) is 10.5 Å². The number of nitrogens with zero attached hydrogens (tertiary/aromatic N) is 3. The molecule has 2 heterocycles. The van der Waals surface area contributed by atoms with Crippen molar-refractivity contribution in [3.63, 3.8) is 0 Å². The van der Waals surface area contributed by atoms with Crippen molar-refractivity contribution in [2.75, 3.05) is 31.1 Å². The third-order valence-electron chi connectivity index (χ3n) is 4.50. The van der Waals surface area contributed by atoms with Gasteiger partial charge in [0.15, 0.2) is 5.17 Å². The maximum Gasteiger partial charge on any atom is 0.286 e. The Morgan fingerprint density at radius 1 is 0.923 bits per heavy atom. The molecule has 0 aromatic heterocycles. The summed E-state index contributed by atoms with van der Waals surface area (Å²) in [6.07, 6.45) is 1.71. The maximum atomic E-state index is 12.2. The lowest BCUT2D eigenvalue weighted by molar-refractivity contribution is -0.113. The standard InChI is InChI=1S/C20H19N3O2S/c24-17-9-5-4-6-15(17)14-18-19(25)21-20(26-18)23-12-10-22(11-13-23)16-7-2-1-3-8-16/h1-9,14,24H,10-13H2/b18-14+. The van der Waals surface area contributed by atoms with Gasteiger partial charge in [0.05, 0.1) is 4.91 Å². The number of anilines is 1. The SMILES string of the molecule is O=C1N=C(N2CCN(c3ccccc3)CC2)S/C1=C/c1ccccc1O. The lowest BCUT2D eigenvalue weighted by atomic mass is 10.2. The lowest BCUT2D eigenvalue weighted by Gasteiger charge is -2.36. The van der Waals surface area contributed by atoms with E-state index in [1.807, 2.05) is 24.3 Å². The Kier molecular flexibility index (Phi) is 4.67. The largest absolute Gasteiger partial charge is 0.507 e. The summed E-state index contributed by atoms with van der Waals surface area (Å²) in [7, 11) is 0. The zero-order chi connectivity index (χ0) is 17.9. The second kappa shape index (κ2) is 7.25. The highest BCUT2D eigenvalue weighted by molar-refractivity contribution is 8.18. The van der Waals surface area contributed by atoms with E-state index < -0.39 is 0 Å². The highest BCUT2D eigenvalue weighted by Crippen LogP contribution is 2.32. The average molecular weight is 365 g/mol. The number of aromatic hydroxyl groups is 1. The minimum atomic E-state index is -0.237. The Bertz CT molecular complexity index is 872. The fourth-order valence-corrected chi connectivity index (χ4v) is 4.03. The van der Waals surface area contributed by atoms with Gasteiger partial charge in [-0.2, -0.15) is 4.99 Å². The van der Waals surface area contributed by atoms with Gasteiger partial charge in [-0.15, -0.1) is 0 Å². The van der Waals surface area contributed by atoms with Gasteiger partial charge in [0, 0.05) is 37.4 Å². The first kappa shape index (κ1) is 16.7. The van der Waals surface area contributed by atoms with Crippen molar-refractivity contribution in [1.82, 2.24) is 4.90 Å². The normalized spacial score (nSPS) is 19.2. The Morgan fingerprint density at radius 3 is 2.31 bits per heavy atom. The number of benzene rings is 2. The molecule has 1 amide bonds. The summed E-state index contributed by atoms with van der Waals surface area (Å²) in [6.45, 7) is 3.46. The van der Waals surface area contributed by atoms with Crippen molar-refractivity contribution in [2.24, 2.45) is 4.99 Å². The molecule has 0 saturated carbocycles. The quantitative estimate of drug-likeness (QED) is 0.829. The van der Waals surface area contributed by atoms with Gasteiger partial charge in [0.2, 0.25) is 0 Å². The first-order valence-electron chi connectivity index (χ1n) is 8.56. The third-order valence-corrected chi connectivity index (χ3v) is 5.55. The fourth-order valence-electron chi connectivity index (χ4n) is 3.08. The van der Waals surface area contributed by atoms with Crippen molar-refractivity contribution in [3.8, 4) is 5.75 Å². The van der Waals surface area contributed by atoms with Crippen molar-refractivity contribution >= 4 is 34.6 Å². The lowest BCUT2D eigenvalue weighted by Crippen LogP contribution is -2.47. The molecule has 26 heavy (non-hydrogen) atoms. The van der Waals surface area contributed by atoms with E-state index >= 15 is 0 Å². The van der Waals surface area contributed by atoms with Gasteiger partial charge in [-0.1, -0.05) is 36.4 Å². The Hall–Kier alpha value is -2.73. The van der Waals surface area contributed by atoms with Gasteiger partial charge >= 0.3 is 0 Å². The zero-order valence-corrected chi connectivity index (χ0v) is 15.0. The van der Waals surface area contributed by atoms with Crippen LogP contribution in [0.3, 0.4) is 0 Å². The molecule has 0 radical (unpaired) electrons. The summed E-state index contributed by atoms with van der Waals surface area (Å²) < 4.78 is 0. The molecule has 0 aliphatic carbocycles. The highest BCUT2D eigenvalue weighted by Gasteiger charge is 2.28. The second-order valence-corrected chi connectivity index (χ2v) is 7.19. The molecule has 0 atom stereocenters. The number of hydrogen-bond donors (Lipinski definition) is 1. The number of carbonyl (C=O) groups excluding carboxylic acids is 1. The predicted octanol–water partition coefficient (Wildman–Crippen LogP) is 3.18. The van der Waals surface area contributed by atoms with Crippen LogP contribution in [0.4, 0.5) is 5.69 Å². The topological polar surface area (TPSA) is 56.1 Å². The van der Waals surface area contributed by atoms with Crippen LogP contribution in [0.15, 0.2) is 64.5 Å². The van der Waals surface area contributed by atoms with Crippen LogP contribution in [0.5, 0.6) is 5.75 Å². The molecule has 5 nitrogen and oxygen atoms in total. The molecule has 2 aromatic rings. The van der Waals surface area contributed by atoms with E-state index in [-0.39, 0.29) is 11.7 Å². The van der Waals surface area contributed by atoms with Crippen LogP contribution in [0, 0.1) is 0 Å². The molecule has 1 saturated heterocycles. The second-order valence-electron chi connectivity index (χ2n) is 6.18. The summed E-state index contributed by atoms with van der Waals surface area (Å²) in [5.74, 6) is -0.0722. The van der Waals surface area contributed by atoms with Crippen molar-refractivity contribution in [3.05, 3.63) is 65.1 Å². The zero-order valence-electron chi connectivity index (χ0n) is 14.2. The van der Waals surface area contributed by atoms with Crippen molar-refractivity contribution < 1.29 is 9.90 Å². The van der Waals surface area contributed by atoms with E-state index in [1.54, 1.807) is 24.3 Å². The highest BCUT2D eigenvalue weighted by atomic mass is 32.2. The molecule has 6 heteroatoms. The van der Waals surface area contributed by atoms with Gasteiger partial charge in [-0.25, -0.2) is 0 Å². The first-order valence-corrected chi connectivity index (χ1v) is 9.38. The number of aliphatic imine (C=N–C) groups is 1. The first-order chi connectivity index (χ1) is 12.7. The Morgan fingerprint density at radius 2 is 1.58 bits per heavy atom. The molecule has 0 spiro atoms. The van der Waals surface area contributed by atoms with Crippen molar-refractivity contribution in [2.45, 2.75) is 0 Å². The Labute approximate surface area is 156 Å². The van der Waals surface area contributed by atoms with Crippen molar-refractivity contribution in [1.29, 1.82) is 0 Å². The van der Waals surface area contributed by atoms with Gasteiger partial charge < -0.3 is 14.9 Å². The summed E-state index contributed by atoms with van der Waals surface area (Å²) in [5.41, 5.74) is 1.86. The number of phenolic OH excluding ortho intramolecular Hbond substituents is 1. The number of amidine groups is 1. The van der Waals surface area contributed by atoms with Crippen LogP contribution in [-0.4, -0.2) is 47.3 Å². The predicted molar refractivity (Wildman–Crippen MR) is 106 cm³/mol. The van der Waals surface area contributed by atoms with E-state index in [4.69, 9.17) is 0 Å². The molecule has 132 valence electrons. The molecule has 1 fully saturated rings. The van der Waals surface area contributed by atoms with Crippen LogP contribution in [0.2, 0.25) is 0 Å². The summed E-state index contributed by atoms with van der Waals surface area (Å²) in [5, 5.41) is 10.6. The summed E-state index contributed by atoms with van der Waals surface area (Å²) in [6, 6.07) is 17.3. The number of hydrogen-bond acceptors (Lipinski definition) is 5. The maximum absolute atomic E-state index is 12.2. The van der Waals surface area contributed by atoms with Gasteiger partial charge in [0.25, 0.3) is 5.91 Å². The molecule has 2 aliphatic heterocycles. The van der Waals surface area contributed by atoms with Gasteiger partial charge in [-0.3, -0.25) is 4.79 Å². The van der Waals surface area contributed by atoms with E-state index in [2.05, 4.69) is 26.9 Å². The number of amides is 1. The van der Waals surface area contributed by atoms with E-state index in [0.717, 1.165) is 31.3 Å². The minimum absolute atomic E-state index is 0.165. The molecule has 0 bridgehead atoms. The van der Waals surface area contributed by atoms with Crippen LogP contribution in [0.1, 0.15) is 5.56 Å². The third kappa shape index (κ3) is 3.46. The number of carbonyl (C=O) groups is 1. The number of phenols is 1. The smallest absolute Gasteiger partial charge is 0.286 e. The van der Waals surface area contributed by atoms with E-state index in [1.165, 1.54) is 17.4 Å². The van der Waals surface area contributed by atoms with Crippen LogP contribution < -0.4 is 4.90 Å². The molecule has 2 aromatic carbocycles.